The van der Waals surface area contributed by atoms with Crippen LogP contribution in [0.4, 0.5) is 17.6 Å². The molecule has 0 bridgehead atoms. The molecule has 0 fully saturated rings. The van der Waals surface area contributed by atoms with Crippen LogP contribution in [0.15, 0.2) is 54.6 Å². The largest absolute Gasteiger partial charge is 0.203 e. The summed E-state index contributed by atoms with van der Waals surface area (Å²) in [6.45, 7) is 3.96. The molecule has 35 heavy (non-hydrogen) atoms. The van der Waals surface area contributed by atoms with Crippen molar-refractivity contribution in [2.24, 2.45) is 5.92 Å². The molecule has 0 heterocycles. The Morgan fingerprint density at radius 3 is 2.03 bits per heavy atom. The van der Waals surface area contributed by atoms with Crippen LogP contribution in [0.5, 0.6) is 0 Å². The zero-order chi connectivity index (χ0) is 24.9. The molecule has 0 amide bonds. The maximum atomic E-state index is 14.9. The first-order valence-electron chi connectivity index (χ1n) is 12.6. The molecular formula is C31H32F4. The van der Waals surface area contributed by atoms with Gasteiger partial charge >= 0.3 is 0 Å². The molecule has 0 aromatic heterocycles. The molecular weight excluding hydrogens is 448 g/mol. The minimum absolute atomic E-state index is 0.216. The van der Waals surface area contributed by atoms with Crippen LogP contribution in [0.3, 0.4) is 0 Å². The summed E-state index contributed by atoms with van der Waals surface area (Å²) in [6.07, 6.45) is 8.45. The Morgan fingerprint density at radius 1 is 0.714 bits per heavy atom. The highest BCUT2D eigenvalue weighted by molar-refractivity contribution is 5.67. The second kappa shape index (κ2) is 11.2. The average Bonchev–Trinajstić information content (AvgIpc) is 2.88. The molecule has 0 saturated heterocycles. The van der Waals surface area contributed by atoms with Crippen molar-refractivity contribution in [2.75, 3.05) is 0 Å². The lowest BCUT2D eigenvalue weighted by Gasteiger charge is -2.22. The first-order chi connectivity index (χ1) is 16.9. The second-order valence-electron chi connectivity index (χ2n) is 9.51. The maximum absolute atomic E-state index is 14.9. The standard InChI is InChI=1S/C31H32F4/c1-3-5-20-6-11-23(12-7-20)27-19-17-25(29(33)31(27)35)15-10-21-8-13-24(14-9-21)26-18-16-22(4-2)28(32)30(26)34/h8-9,11,13-14,16-20H,3-7,10,12,15H2,1-2H3. The van der Waals surface area contributed by atoms with E-state index < -0.39 is 23.3 Å². The first-order valence-corrected chi connectivity index (χ1v) is 12.6. The Labute approximate surface area is 205 Å². The van der Waals surface area contributed by atoms with Crippen molar-refractivity contribution in [3.8, 4) is 11.1 Å². The Morgan fingerprint density at radius 2 is 1.37 bits per heavy atom. The highest BCUT2D eigenvalue weighted by Crippen LogP contribution is 2.34. The van der Waals surface area contributed by atoms with Gasteiger partial charge in [0.2, 0.25) is 0 Å². The van der Waals surface area contributed by atoms with Gasteiger partial charge in [-0.25, -0.2) is 17.6 Å². The summed E-state index contributed by atoms with van der Waals surface area (Å²) in [4.78, 5) is 0. The minimum atomic E-state index is -0.844. The van der Waals surface area contributed by atoms with E-state index in [1.165, 1.54) is 6.42 Å². The van der Waals surface area contributed by atoms with Gasteiger partial charge in [0.25, 0.3) is 0 Å². The number of rotatable bonds is 8. The van der Waals surface area contributed by atoms with Gasteiger partial charge in [0, 0.05) is 11.1 Å². The van der Waals surface area contributed by atoms with E-state index in [4.69, 9.17) is 0 Å². The summed E-state index contributed by atoms with van der Waals surface area (Å²) in [5, 5.41) is 0. The van der Waals surface area contributed by atoms with Gasteiger partial charge in [-0.2, -0.15) is 0 Å². The molecule has 0 saturated carbocycles. The average molecular weight is 481 g/mol. The first kappa shape index (κ1) is 25.2. The van der Waals surface area contributed by atoms with Crippen LogP contribution in [-0.2, 0) is 19.3 Å². The van der Waals surface area contributed by atoms with E-state index in [-0.39, 0.29) is 5.56 Å². The molecule has 0 nitrogen and oxygen atoms in total. The van der Waals surface area contributed by atoms with Crippen molar-refractivity contribution in [2.45, 2.75) is 65.2 Å². The molecule has 3 aromatic carbocycles. The monoisotopic (exact) mass is 480 g/mol. The molecule has 0 radical (unpaired) electrons. The Kier molecular flexibility index (Phi) is 8.10. The van der Waals surface area contributed by atoms with Gasteiger partial charge in [0.05, 0.1) is 0 Å². The van der Waals surface area contributed by atoms with Gasteiger partial charge in [-0.1, -0.05) is 81.3 Å². The zero-order valence-corrected chi connectivity index (χ0v) is 20.4. The third kappa shape index (κ3) is 5.52. The van der Waals surface area contributed by atoms with Gasteiger partial charge in [-0.15, -0.1) is 0 Å². The van der Waals surface area contributed by atoms with Crippen molar-refractivity contribution in [3.05, 3.63) is 100 Å². The topological polar surface area (TPSA) is 0 Å². The molecule has 1 unspecified atom stereocenters. The van der Waals surface area contributed by atoms with Crippen LogP contribution >= 0.6 is 0 Å². The van der Waals surface area contributed by atoms with Crippen LogP contribution in [0, 0.1) is 29.2 Å². The molecule has 0 N–H and O–H groups in total. The summed E-state index contributed by atoms with van der Waals surface area (Å²) in [5.74, 6) is -2.53. The molecule has 1 aliphatic carbocycles. The highest BCUT2D eigenvalue weighted by Gasteiger charge is 2.20. The highest BCUT2D eigenvalue weighted by atomic mass is 19.2. The number of allylic oxidation sites excluding steroid dienone is 2. The Bertz CT molecular complexity index is 1210. The van der Waals surface area contributed by atoms with Gasteiger partial charge in [-0.05, 0) is 72.3 Å². The van der Waals surface area contributed by atoms with Crippen LogP contribution in [0.25, 0.3) is 16.7 Å². The number of hydrogen-bond acceptors (Lipinski definition) is 0. The fourth-order valence-corrected chi connectivity index (χ4v) is 5.05. The summed E-state index contributed by atoms with van der Waals surface area (Å²) >= 11 is 0. The van der Waals surface area contributed by atoms with Gasteiger partial charge in [-0.3, -0.25) is 0 Å². The van der Waals surface area contributed by atoms with Crippen LogP contribution in [-0.4, -0.2) is 0 Å². The minimum Gasteiger partial charge on any atom is -0.203 e. The van der Waals surface area contributed by atoms with Crippen LogP contribution < -0.4 is 0 Å². The fraction of sp³-hybridized carbons (Fsp3) is 0.355. The lowest BCUT2D eigenvalue weighted by molar-refractivity contribution is 0.443. The summed E-state index contributed by atoms with van der Waals surface area (Å²) in [7, 11) is 0. The summed E-state index contributed by atoms with van der Waals surface area (Å²) < 4.78 is 58.4. The lowest BCUT2D eigenvalue weighted by atomic mass is 9.84. The molecule has 0 aliphatic heterocycles. The van der Waals surface area contributed by atoms with Crippen molar-refractivity contribution in [1.82, 2.24) is 0 Å². The van der Waals surface area contributed by atoms with Crippen molar-refractivity contribution < 1.29 is 17.6 Å². The van der Waals surface area contributed by atoms with Gasteiger partial charge in [0.15, 0.2) is 23.3 Å². The molecule has 1 atom stereocenters. The summed E-state index contributed by atoms with van der Waals surface area (Å²) in [6, 6.07) is 13.7. The number of aryl methyl sites for hydroxylation is 3. The van der Waals surface area contributed by atoms with Crippen molar-refractivity contribution in [1.29, 1.82) is 0 Å². The number of hydrogen-bond donors (Lipinski definition) is 0. The van der Waals surface area contributed by atoms with E-state index in [2.05, 4.69) is 13.0 Å². The van der Waals surface area contributed by atoms with E-state index in [0.29, 0.717) is 47.4 Å². The second-order valence-corrected chi connectivity index (χ2v) is 9.51. The summed E-state index contributed by atoms with van der Waals surface area (Å²) in [5.41, 5.74) is 3.70. The third-order valence-corrected chi connectivity index (χ3v) is 7.22. The van der Waals surface area contributed by atoms with Crippen LogP contribution in [0.2, 0.25) is 0 Å². The van der Waals surface area contributed by atoms with Crippen molar-refractivity contribution in [3.63, 3.8) is 0 Å². The lowest BCUT2D eigenvalue weighted by Crippen LogP contribution is -2.07. The molecule has 4 rings (SSSR count). The quantitative estimate of drug-likeness (QED) is 0.282. The van der Waals surface area contributed by atoms with Gasteiger partial charge in [0.1, 0.15) is 0 Å². The zero-order valence-electron chi connectivity index (χ0n) is 20.4. The Balaban J connectivity index is 1.44. The van der Waals surface area contributed by atoms with E-state index in [1.54, 1.807) is 43.3 Å². The predicted octanol–water partition coefficient (Wildman–Crippen LogP) is 9.24. The third-order valence-electron chi connectivity index (χ3n) is 7.22. The van der Waals surface area contributed by atoms with Crippen molar-refractivity contribution >= 4 is 5.57 Å². The van der Waals surface area contributed by atoms with E-state index in [9.17, 15) is 17.6 Å². The number of benzene rings is 3. The maximum Gasteiger partial charge on any atom is 0.166 e. The van der Waals surface area contributed by atoms with Gasteiger partial charge < -0.3 is 0 Å². The van der Waals surface area contributed by atoms with E-state index in [0.717, 1.165) is 36.8 Å². The Hall–Kier alpha value is -2.88. The molecule has 3 aromatic rings. The molecule has 1 aliphatic rings. The SMILES string of the molecule is CCCC1CC=C(c2ccc(CCc3ccc(-c4ccc(CC)c(F)c4F)cc3)c(F)c2F)CC1. The molecule has 4 heteroatoms. The number of halogens is 4. The molecule has 184 valence electrons. The van der Waals surface area contributed by atoms with E-state index in [1.807, 2.05) is 12.1 Å². The molecule has 0 spiro atoms. The van der Waals surface area contributed by atoms with E-state index >= 15 is 0 Å². The normalized spacial score (nSPS) is 15.8. The fourth-order valence-electron chi connectivity index (χ4n) is 5.05. The predicted molar refractivity (Wildman–Crippen MR) is 135 cm³/mol. The van der Waals surface area contributed by atoms with Crippen LogP contribution in [0.1, 0.15) is 68.2 Å². The smallest absolute Gasteiger partial charge is 0.166 e.